The summed E-state index contributed by atoms with van der Waals surface area (Å²) >= 11 is 11.4. The number of likely N-dealkylation sites (N-methyl/N-ethyl adjacent to an activating group) is 1. The van der Waals surface area contributed by atoms with Crippen molar-refractivity contribution in [3.8, 4) is 0 Å². The van der Waals surface area contributed by atoms with Crippen LogP contribution in [0.4, 0.5) is 8.78 Å². The van der Waals surface area contributed by atoms with E-state index >= 15 is 0 Å². The third-order valence-electron chi connectivity index (χ3n) is 6.36. The van der Waals surface area contributed by atoms with Gasteiger partial charge in [0.25, 0.3) is 0 Å². The predicted octanol–water partition coefficient (Wildman–Crippen LogP) is 4.01. The number of imidazole rings is 1. The molecular formula is C21H24ClF2N3O2S. The molecule has 0 N–H and O–H groups in total. The predicted molar refractivity (Wildman–Crippen MR) is 112 cm³/mol. The number of ether oxygens (including phenoxy) is 1. The molecule has 0 saturated carbocycles. The van der Waals surface area contributed by atoms with E-state index in [-0.39, 0.29) is 29.0 Å². The minimum Gasteiger partial charge on any atom is -0.381 e. The van der Waals surface area contributed by atoms with Gasteiger partial charge >= 0.3 is 0 Å². The van der Waals surface area contributed by atoms with Crippen LogP contribution in [0.3, 0.4) is 0 Å². The first-order chi connectivity index (χ1) is 14.3. The van der Waals surface area contributed by atoms with E-state index in [9.17, 15) is 13.6 Å². The van der Waals surface area contributed by atoms with Crippen LogP contribution in [0.25, 0.3) is 0 Å². The standard InChI is InChI=1S/C21H24ClF2N3O2S/c1-25(13-5-7-29-8-6-13)18(28)10-16-17-9-12(11-27(17)21(30)26(16)2)19-15(23)4-3-14(22)20(19)24/h3-4,12-13H,5-11H2,1-2H3. The van der Waals surface area contributed by atoms with Gasteiger partial charge in [0.05, 0.1) is 11.4 Å². The first-order valence-electron chi connectivity index (χ1n) is 10.0. The third kappa shape index (κ3) is 3.69. The smallest absolute Gasteiger partial charge is 0.228 e. The zero-order valence-electron chi connectivity index (χ0n) is 17.0. The molecule has 1 atom stereocenters. The molecule has 1 amide bonds. The second kappa shape index (κ2) is 8.40. The van der Waals surface area contributed by atoms with Crippen molar-refractivity contribution in [3.63, 3.8) is 0 Å². The van der Waals surface area contributed by atoms with Crippen LogP contribution in [0.1, 0.15) is 35.7 Å². The number of aromatic nitrogens is 2. The van der Waals surface area contributed by atoms with Crippen molar-refractivity contribution in [1.82, 2.24) is 14.0 Å². The van der Waals surface area contributed by atoms with Crippen molar-refractivity contribution in [2.45, 2.75) is 44.2 Å². The summed E-state index contributed by atoms with van der Waals surface area (Å²) in [7, 11) is 3.66. The van der Waals surface area contributed by atoms with Crippen LogP contribution >= 0.6 is 23.8 Å². The lowest BCUT2D eigenvalue weighted by atomic mass is 9.95. The van der Waals surface area contributed by atoms with E-state index in [2.05, 4.69) is 0 Å². The summed E-state index contributed by atoms with van der Waals surface area (Å²) in [4.78, 5) is 14.8. The zero-order chi connectivity index (χ0) is 21.6. The van der Waals surface area contributed by atoms with Crippen LogP contribution in [0, 0.1) is 16.4 Å². The van der Waals surface area contributed by atoms with Gasteiger partial charge in [-0.1, -0.05) is 11.6 Å². The lowest BCUT2D eigenvalue weighted by Crippen LogP contribution is -2.41. The van der Waals surface area contributed by atoms with E-state index < -0.39 is 17.6 Å². The minimum absolute atomic E-state index is 0.00414. The Morgan fingerprint density at radius 3 is 2.73 bits per heavy atom. The highest BCUT2D eigenvalue weighted by Gasteiger charge is 2.33. The molecule has 0 radical (unpaired) electrons. The molecule has 4 rings (SSSR count). The molecule has 2 aromatic rings. The van der Waals surface area contributed by atoms with Crippen LogP contribution < -0.4 is 0 Å². The molecule has 1 aromatic heterocycles. The van der Waals surface area contributed by atoms with Gasteiger partial charge in [-0.3, -0.25) is 4.79 Å². The highest BCUT2D eigenvalue weighted by Crippen LogP contribution is 2.37. The number of rotatable bonds is 4. The number of benzene rings is 1. The van der Waals surface area contributed by atoms with Gasteiger partial charge in [0.1, 0.15) is 11.6 Å². The van der Waals surface area contributed by atoms with E-state index in [1.54, 1.807) is 4.90 Å². The van der Waals surface area contributed by atoms with Crippen molar-refractivity contribution in [1.29, 1.82) is 0 Å². The fraction of sp³-hybridized carbons (Fsp3) is 0.524. The molecule has 1 saturated heterocycles. The van der Waals surface area contributed by atoms with Gasteiger partial charge in [-0.15, -0.1) is 0 Å². The SMILES string of the molecule is CN(C(=O)Cc1c2n(c(=S)n1C)CC(c1c(F)ccc(Cl)c1F)C2)C1CCOCC1. The fourth-order valence-electron chi connectivity index (χ4n) is 4.57. The highest BCUT2D eigenvalue weighted by molar-refractivity contribution is 7.71. The second-order valence-electron chi connectivity index (χ2n) is 8.03. The summed E-state index contributed by atoms with van der Waals surface area (Å²) in [5, 5.41) is -0.0966. The van der Waals surface area contributed by atoms with E-state index in [1.165, 1.54) is 12.1 Å². The maximum absolute atomic E-state index is 14.6. The Balaban J connectivity index is 1.59. The van der Waals surface area contributed by atoms with Gasteiger partial charge in [0.15, 0.2) is 4.77 Å². The van der Waals surface area contributed by atoms with Crippen LogP contribution in [0.2, 0.25) is 5.02 Å². The van der Waals surface area contributed by atoms with Gasteiger partial charge in [0.2, 0.25) is 5.91 Å². The first-order valence-corrected chi connectivity index (χ1v) is 10.8. The Labute approximate surface area is 184 Å². The van der Waals surface area contributed by atoms with Gasteiger partial charge in [-0.2, -0.15) is 0 Å². The summed E-state index contributed by atoms with van der Waals surface area (Å²) < 4.78 is 38.6. The summed E-state index contributed by atoms with van der Waals surface area (Å²) in [5.74, 6) is -1.74. The molecule has 2 aliphatic heterocycles. The first kappa shape index (κ1) is 21.5. The van der Waals surface area contributed by atoms with Gasteiger partial charge in [-0.05, 0) is 43.6 Å². The Morgan fingerprint density at radius 1 is 1.33 bits per heavy atom. The summed E-state index contributed by atoms with van der Waals surface area (Å²) in [6.07, 6.45) is 2.25. The number of nitrogens with zero attached hydrogens (tertiary/aromatic N) is 3. The van der Waals surface area contributed by atoms with Crippen LogP contribution in [0.5, 0.6) is 0 Å². The monoisotopic (exact) mass is 455 g/mol. The molecule has 1 unspecified atom stereocenters. The maximum Gasteiger partial charge on any atom is 0.228 e. The third-order valence-corrected chi connectivity index (χ3v) is 7.15. The molecular weight excluding hydrogens is 432 g/mol. The summed E-state index contributed by atoms with van der Waals surface area (Å²) in [6.45, 7) is 1.68. The lowest BCUT2D eigenvalue weighted by molar-refractivity contribution is -0.133. The van der Waals surface area contributed by atoms with Gasteiger partial charge < -0.3 is 18.8 Å². The molecule has 1 fully saturated rings. The normalized spacial score (nSPS) is 19.2. The van der Waals surface area contributed by atoms with E-state index in [0.717, 1.165) is 24.2 Å². The lowest BCUT2D eigenvalue weighted by Gasteiger charge is -2.31. The maximum atomic E-state index is 14.6. The molecule has 0 spiro atoms. The minimum atomic E-state index is -0.723. The largest absolute Gasteiger partial charge is 0.381 e. The molecule has 30 heavy (non-hydrogen) atoms. The molecule has 2 aliphatic rings. The van der Waals surface area contributed by atoms with Crippen LogP contribution in [-0.2, 0) is 36.0 Å². The number of halogens is 3. The molecule has 0 aliphatic carbocycles. The number of carbonyl (C=O) groups is 1. The Hall–Kier alpha value is -1.77. The quantitative estimate of drug-likeness (QED) is 0.516. The molecule has 9 heteroatoms. The zero-order valence-corrected chi connectivity index (χ0v) is 18.5. The Morgan fingerprint density at radius 2 is 2.03 bits per heavy atom. The Bertz CT molecular complexity index is 1050. The Kier molecular flexibility index (Phi) is 6.01. The number of fused-ring (bicyclic) bond motifs is 1. The van der Waals surface area contributed by atoms with Crippen LogP contribution in [0.15, 0.2) is 12.1 Å². The number of hydrogen-bond acceptors (Lipinski definition) is 3. The van der Waals surface area contributed by atoms with E-state index in [0.29, 0.717) is 31.0 Å². The highest BCUT2D eigenvalue weighted by atomic mass is 35.5. The number of hydrogen-bond donors (Lipinski definition) is 0. The van der Waals surface area contributed by atoms with Crippen molar-refractivity contribution >= 4 is 29.7 Å². The van der Waals surface area contributed by atoms with Crippen molar-refractivity contribution in [2.75, 3.05) is 20.3 Å². The van der Waals surface area contributed by atoms with Crippen molar-refractivity contribution in [3.05, 3.63) is 50.5 Å². The average molecular weight is 456 g/mol. The van der Waals surface area contributed by atoms with Crippen LogP contribution in [-0.4, -0.2) is 46.2 Å². The molecule has 0 bridgehead atoms. The fourth-order valence-corrected chi connectivity index (χ4v) is 5.03. The topological polar surface area (TPSA) is 39.4 Å². The average Bonchev–Trinajstić information content (AvgIpc) is 3.26. The summed E-state index contributed by atoms with van der Waals surface area (Å²) in [6, 6.07) is 2.58. The summed E-state index contributed by atoms with van der Waals surface area (Å²) in [5.41, 5.74) is 1.65. The van der Waals surface area contributed by atoms with Crippen molar-refractivity contribution < 1.29 is 18.3 Å². The molecule has 1 aromatic carbocycles. The van der Waals surface area contributed by atoms with Gasteiger partial charge in [0, 0.05) is 62.8 Å². The van der Waals surface area contributed by atoms with Crippen molar-refractivity contribution in [2.24, 2.45) is 7.05 Å². The second-order valence-corrected chi connectivity index (χ2v) is 8.80. The van der Waals surface area contributed by atoms with E-state index in [1.807, 2.05) is 23.2 Å². The molecule has 3 heterocycles. The van der Waals surface area contributed by atoms with Gasteiger partial charge in [-0.25, -0.2) is 8.78 Å². The molecule has 162 valence electrons. The van der Waals surface area contributed by atoms with E-state index in [4.69, 9.17) is 28.6 Å². The number of amides is 1. The molecule has 5 nitrogen and oxygen atoms in total. The number of carbonyl (C=O) groups excluding carboxylic acids is 1.